The minimum Gasteiger partial charge on any atom is -0.377 e. The summed E-state index contributed by atoms with van der Waals surface area (Å²) >= 11 is 11.9. The molecule has 30 heavy (non-hydrogen) atoms. The second kappa shape index (κ2) is 7.27. The molecule has 0 saturated heterocycles. The summed E-state index contributed by atoms with van der Waals surface area (Å²) in [6, 6.07) is 12.9. The van der Waals surface area contributed by atoms with Crippen LogP contribution in [-0.4, -0.2) is 45.1 Å². The summed E-state index contributed by atoms with van der Waals surface area (Å²) < 4.78 is 26.5. The molecule has 154 valence electrons. The molecule has 0 radical (unpaired) electrons. The van der Waals surface area contributed by atoms with E-state index in [4.69, 9.17) is 23.2 Å². The topological polar surface area (TPSA) is 74.8 Å². The van der Waals surface area contributed by atoms with E-state index in [9.17, 15) is 18.0 Å². The molecule has 0 spiro atoms. The first kappa shape index (κ1) is 20.7. The number of imide groups is 1. The van der Waals surface area contributed by atoms with E-state index in [1.54, 1.807) is 18.2 Å². The largest absolute Gasteiger partial charge is 0.377 e. The molecule has 1 aliphatic heterocycles. The number of amides is 2. The number of anilines is 1. The van der Waals surface area contributed by atoms with Crippen molar-refractivity contribution in [2.75, 3.05) is 24.9 Å². The maximum Gasteiger partial charge on any atom is 0.262 e. The fourth-order valence-corrected chi connectivity index (χ4v) is 5.41. The predicted octanol–water partition coefficient (Wildman–Crippen LogP) is 4.24. The van der Waals surface area contributed by atoms with Crippen molar-refractivity contribution in [1.82, 2.24) is 4.90 Å². The van der Waals surface area contributed by atoms with Gasteiger partial charge in [0.2, 0.25) is 0 Å². The zero-order valence-electron chi connectivity index (χ0n) is 16.0. The molecule has 1 aliphatic rings. The van der Waals surface area contributed by atoms with E-state index in [2.05, 4.69) is 0 Å². The van der Waals surface area contributed by atoms with Crippen LogP contribution >= 0.6 is 23.2 Å². The van der Waals surface area contributed by atoms with Gasteiger partial charge in [0.25, 0.3) is 11.8 Å². The third kappa shape index (κ3) is 3.23. The predicted molar refractivity (Wildman–Crippen MR) is 117 cm³/mol. The summed E-state index contributed by atoms with van der Waals surface area (Å²) in [5, 5.41) is 1.51. The van der Waals surface area contributed by atoms with Crippen molar-refractivity contribution >= 4 is 61.3 Å². The van der Waals surface area contributed by atoms with Crippen LogP contribution in [0.1, 0.15) is 20.7 Å². The number of hydrogen-bond acceptors (Lipinski definition) is 5. The molecule has 0 bridgehead atoms. The van der Waals surface area contributed by atoms with Gasteiger partial charge in [-0.1, -0.05) is 47.5 Å². The van der Waals surface area contributed by atoms with Crippen molar-refractivity contribution < 1.29 is 18.0 Å². The lowest BCUT2D eigenvalue weighted by Gasteiger charge is -2.18. The van der Waals surface area contributed by atoms with E-state index in [1.807, 2.05) is 31.1 Å². The van der Waals surface area contributed by atoms with Gasteiger partial charge in [0.1, 0.15) is 5.88 Å². The fraction of sp³-hybridized carbons (Fsp3) is 0.143. The molecule has 3 aromatic rings. The monoisotopic (exact) mass is 462 g/mol. The summed E-state index contributed by atoms with van der Waals surface area (Å²) in [7, 11) is -0.285. The molecule has 0 saturated carbocycles. The molecule has 0 aliphatic carbocycles. The van der Waals surface area contributed by atoms with Crippen molar-refractivity contribution in [2.24, 2.45) is 0 Å². The second-order valence-electron chi connectivity index (χ2n) is 7.12. The number of nitrogens with zero attached hydrogens (tertiary/aromatic N) is 2. The van der Waals surface area contributed by atoms with Gasteiger partial charge in [-0.3, -0.25) is 14.5 Å². The Labute approximate surface area is 183 Å². The number of halogens is 2. The molecular weight excluding hydrogens is 447 g/mol. The molecule has 9 heteroatoms. The van der Waals surface area contributed by atoms with Gasteiger partial charge in [-0.05, 0) is 24.3 Å². The SMILES string of the molecule is CN(C)c1cccc2c(S(=O)(=O)CN3C(=O)c4cc(Cl)c(Cl)cc4C3=O)cccc12. The minimum atomic E-state index is -4.02. The second-order valence-corrected chi connectivity index (χ2v) is 9.86. The van der Waals surface area contributed by atoms with Crippen LogP contribution in [0.15, 0.2) is 53.4 Å². The Morgan fingerprint density at radius 3 is 1.97 bits per heavy atom. The summed E-state index contributed by atoms with van der Waals surface area (Å²) in [5.74, 6) is -2.21. The molecule has 0 aromatic heterocycles. The number of rotatable bonds is 4. The number of fused-ring (bicyclic) bond motifs is 2. The highest BCUT2D eigenvalue weighted by Crippen LogP contribution is 2.34. The van der Waals surface area contributed by atoms with Crippen LogP contribution in [0.4, 0.5) is 5.69 Å². The van der Waals surface area contributed by atoms with Gasteiger partial charge in [-0.2, -0.15) is 0 Å². The van der Waals surface area contributed by atoms with Crippen LogP contribution in [0.5, 0.6) is 0 Å². The van der Waals surface area contributed by atoms with Crippen LogP contribution < -0.4 is 4.90 Å². The van der Waals surface area contributed by atoms with Gasteiger partial charge in [0, 0.05) is 30.6 Å². The average Bonchev–Trinajstić information content (AvgIpc) is 2.91. The lowest BCUT2D eigenvalue weighted by molar-refractivity contribution is 0.0680. The van der Waals surface area contributed by atoms with E-state index >= 15 is 0 Å². The smallest absolute Gasteiger partial charge is 0.262 e. The zero-order chi connectivity index (χ0) is 21.8. The minimum absolute atomic E-state index is 0.0393. The Morgan fingerprint density at radius 1 is 0.867 bits per heavy atom. The average molecular weight is 463 g/mol. The number of benzene rings is 3. The molecule has 0 atom stereocenters. The molecule has 3 aromatic carbocycles. The Balaban J connectivity index is 1.77. The van der Waals surface area contributed by atoms with E-state index in [1.165, 1.54) is 18.2 Å². The molecule has 2 amide bonds. The van der Waals surface area contributed by atoms with Crippen molar-refractivity contribution in [3.8, 4) is 0 Å². The quantitative estimate of drug-likeness (QED) is 0.542. The first-order valence-electron chi connectivity index (χ1n) is 8.89. The molecular formula is C21H16Cl2N2O4S. The highest BCUT2D eigenvalue weighted by molar-refractivity contribution is 7.91. The van der Waals surface area contributed by atoms with Gasteiger partial charge >= 0.3 is 0 Å². The Kier molecular flexibility index (Phi) is 5.00. The first-order valence-corrected chi connectivity index (χ1v) is 11.3. The first-order chi connectivity index (χ1) is 14.1. The highest BCUT2D eigenvalue weighted by Gasteiger charge is 2.39. The molecule has 6 nitrogen and oxygen atoms in total. The van der Waals surface area contributed by atoms with Crippen molar-refractivity contribution in [3.63, 3.8) is 0 Å². The summed E-state index contributed by atoms with van der Waals surface area (Å²) in [6.07, 6.45) is 0. The number of hydrogen-bond donors (Lipinski definition) is 0. The lowest BCUT2D eigenvalue weighted by atomic mass is 10.1. The van der Waals surface area contributed by atoms with E-state index < -0.39 is 27.5 Å². The molecule has 0 unspecified atom stereocenters. The molecule has 4 rings (SSSR count). The van der Waals surface area contributed by atoms with Gasteiger partial charge in [-0.15, -0.1) is 0 Å². The highest BCUT2D eigenvalue weighted by atomic mass is 35.5. The number of sulfone groups is 1. The van der Waals surface area contributed by atoms with E-state index in [-0.39, 0.29) is 26.1 Å². The summed E-state index contributed by atoms with van der Waals surface area (Å²) in [5.41, 5.74) is 0.935. The van der Waals surface area contributed by atoms with Crippen LogP contribution in [0.25, 0.3) is 10.8 Å². The lowest BCUT2D eigenvalue weighted by Crippen LogP contribution is -2.35. The van der Waals surface area contributed by atoms with Crippen molar-refractivity contribution in [1.29, 1.82) is 0 Å². The van der Waals surface area contributed by atoms with Gasteiger partial charge in [0.15, 0.2) is 9.84 Å². The van der Waals surface area contributed by atoms with Gasteiger partial charge < -0.3 is 4.90 Å². The Morgan fingerprint density at radius 2 is 1.40 bits per heavy atom. The molecule has 0 fully saturated rings. The van der Waals surface area contributed by atoms with Crippen LogP contribution in [-0.2, 0) is 9.84 Å². The van der Waals surface area contributed by atoms with Crippen LogP contribution in [0.2, 0.25) is 10.0 Å². The summed E-state index contributed by atoms with van der Waals surface area (Å²) in [4.78, 5) is 28.1. The third-order valence-corrected chi connectivity index (χ3v) is 7.33. The Hall–Kier alpha value is -2.61. The summed E-state index contributed by atoms with van der Waals surface area (Å²) in [6.45, 7) is 0. The van der Waals surface area contributed by atoms with Gasteiger partial charge in [0.05, 0.1) is 26.1 Å². The molecule has 0 N–H and O–H groups in total. The number of carbonyl (C=O) groups excluding carboxylic acids is 2. The fourth-order valence-electron chi connectivity index (χ4n) is 3.57. The maximum atomic E-state index is 13.2. The van der Waals surface area contributed by atoms with Crippen LogP contribution in [0.3, 0.4) is 0 Å². The van der Waals surface area contributed by atoms with Crippen molar-refractivity contribution in [2.45, 2.75) is 4.90 Å². The number of carbonyl (C=O) groups is 2. The maximum absolute atomic E-state index is 13.2. The molecule has 1 heterocycles. The zero-order valence-corrected chi connectivity index (χ0v) is 18.3. The van der Waals surface area contributed by atoms with Crippen LogP contribution in [0, 0.1) is 0 Å². The standard InChI is InChI=1S/C21H16Cl2N2O4S/c1-24(2)18-7-3-6-13-12(18)5-4-8-19(13)30(28,29)11-25-20(26)14-9-16(22)17(23)10-15(14)21(25)27/h3-10H,11H2,1-2H3. The van der Waals surface area contributed by atoms with E-state index in [0.29, 0.717) is 10.3 Å². The van der Waals surface area contributed by atoms with Crippen molar-refractivity contribution in [3.05, 3.63) is 69.7 Å². The normalized spacial score (nSPS) is 13.8. The Bertz CT molecular complexity index is 1300. The third-order valence-electron chi connectivity index (χ3n) is 4.99. The van der Waals surface area contributed by atoms with Gasteiger partial charge in [-0.25, -0.2) is 8.42 Å². The van der Waals surface area contributed by atoms with E-state index in [0.717, 1.165) is 11.1 Å².